The van der Waals surface area contributed by atoms with Gasteiger partial charge in [0.05, 0.1) is 27.6 Å². The van der Waals surface area contributed by atoms with Crippen molar-refractivity contribution >= 4 is 60.8 Å². The van der Waals surface area contributed by atoms with Gasteiger partial charge >= 0.3 is 0 Å². The lowest BCUT2D eigenvalue weighted by atomic mass is 9.65. The van der Waals surface area contributed by atoms with E-state index in [1.807, 2.05) is 6.07 Å². The first-order valence-electron chi connectivity index (χ1n) is 26.8. The minimum absolute atomic E-state index is 0.494. The van der Waals surface area contributed by atoms with Crippen LogP contribution in [0, 0.1) is 0 Å². The Hall–Kier alpha value is -9.96. The lowest BCUT2D eigenvalue weighted by Gasteiger charge is -2.40. The van der Waals surface area contributed by atoms with Crippen molar-refractivity contribution in [2.75, 3.05) is 4.90 Å². The van der Waals surface area contributed by atoms with Crippen molar-refractivity contribution in [3.05, 3.63) is 311 Å². The third kappa shape index (κ3) is 5.12. The van der Waals surface area contributed by atoms with Gasteiger partial charge in [-0.05, 0) is 156 Å². The van der Waals surface area contributed by atoms with E-state index in [4.69, 9.17) is 4.42 Å². The van der Waals surface area contributed by atoms with Crippen LogP contribution in [0.2, 0.25) is 0 Å². The van der Waals surface area contributed by atoms with Crippen molar-refractivity contribution in [2.24, 2.45) is 0 Å². The van der Waals surface area contributed by atoms with Crippen LogP contribution in [0.25, 0.3) is 93.9 Å². The highest BCUT2D eigenvalue weighted by Crippen LogP contribution is 2.65. The van der Waals surface area contributed by atoms with E-state index in [9.17, 15) is 0 Å². The zero-order valence-electron chi connectivity index (χ0n) is 41.7. The normalized spacial score (nSPS) is 15.4. The third-order valence-corrected chi connectivity index (χ3v) is 18.0. The van der Waals surface area contributed by atoms with Crippen molar-refractivity contribution in [3.63, 3.8) is 0 Å². The lowest BCUT2D eigenvalue weighted by Crippen LogP contribution is -2.33. The second kappa shape index (κ2) is 14.9. The van der Waals surface area contributed by atoms with Gasteiger partial charge < -0.3 is 13.9 Å². The van der Waals surface area contributed by atoms with Gasteiger partial charge in [0.2, 0.25) is 0 Å². The summed E-state index contributed by atoms with van der Waals surface area (Å²) in [7, 11) is 0. The van der Waals surface area contributed by atoms with E-state index < -0.39 is 10.8 Å². The fourth-order valence-corrected chi connectivity index (χ4v) is 15.1. The van der Waals surface area contributed by atoms with Gasteiger partial charge in [0.15, 0.2) is 0 Å². The zero-order chi connectivity index (χ0) is 50.1. The van der Waals surface area contributed by atoms with Gasteiger partial charge in [0, 0.05) is 38.6 Å². The Labute approximate surface area is 444 Å². The Morgan fingerprint density at radius 1 is 0.286 bits per heavy atom. The summed E-state index contributed by atoms with van der Waals surface area (Å²) in [5, 5.41) is 4.82. The molecule has 0 bridgehead atoms. The van der Waals surface area contributed by atoms with Gasteiger partial charge in [-0.15, -0.1) is 0 Å². The van der Waals surface area contributed by atoms with E-state index in [0.717, 1.165) is 50.1 Å². The van der Waals surface area contributed by atoms with Gasteiger partial charge in [0.1, 0.15) is 11.2 Å². The maximum atomic E-state index is 6.41. The van der Waals surface area contributed by atoms with E-state index in [-0.39, 0.29) is 0 Å². The van der Waals surface area contributed by atoms with Crippen LogP contribution in [0.1, 0.15) is 44.5 Å². The first-order valence-corrected chi connectivity index (χ1v) is 26.8. The topological polar surface area (TPSA) is 21.3 Å². The number of hydrogen-bond acceptors (Lipinski definition) is 2. The molecule has 0 fully saturated rings. The SMILES string of the molecule is c1ccc2c(c1)-c1ccccc1C21c2ccccc2-c2ccc(N(c3ccc(-c4ccc5c(c4)oc4ccccc45)cc3)c3ccc4c(c3)C3(c5ccccc5-4)c4ccccc4-n4c5ccccc5c5cccc3c54)cc21. The van der Waals surface area contributed by atoms with Gasteiger partial charge in [-0.3, -0.25) is 0 Å². The molecule has 3 nitrogen and oxygen atoms in total. The summed E-state index contributed by atoms with van der Waals surface area (Å²) in [5.41, 5.74) is 28.2. The van der Waals surface area contributed by atoms with E-state index in [1.165, 1.54) is 105 Å². The van der Waals surface area contributed by atoms with E-state index in [2.05, 4.69) is 270 Å². The molecule has 3 heteroatoms. The number of furan rings is 1. The highest BCUT2D eigenvalue weighted by molar-refractivity contribution is 6.13. The van der Waals surface area contributed by atoms with E-state index in [1.54, 1.807) is 0 Å². The van der Waals surface area contributed by atoms with Crippen LogP contribution in [0.15, 0.2) is 271 Å². The van der Waals surface area contributed by atoms with Crippen molar-refractivity contribution < 1.29 is 4.42 Å². The van der Waals surface area contributed by atoms with Crippen LogP contribution < -0.4 is 4.90 Å². The molecule has 2 spiro atoms. The van der Waals surface area contributed by atoms with Gasteiger partial charge in [0.25, 0.3) is 0 Å². The molecule has 4 aliphatic rings. The minimum Gasteiger partial charge on any atom is -0.456 e. The van der Waals surface area contributed by atoms with Crippen molar-refractivity contribution in [3.8, 4) is 50.2 Å². The maximum absolute atomic E-state index is 6.41. The summed E-state index contributed by atoms with van der Waals surface area (Å²) in [5.74, 6) is 0. The summed E-state index contributed by atoms with van der Waals surface area (Å²) in [6.07, 6.45) is 0. The molecule has 3 heterocycles. The molecule has 1 unspecified atom stereocenters. The van der Waals surface area contributed by atoms with Gasteiger partial charge in [-0.1, -0.05) is 200 Å². The predicted molar refractivity (Wildman–Crippen MR) is 315 cm³/mol. The number of aromatic nitrogens is 1. The van der Waals surface area contributed by atoms with Crippen LogP contribution in [0.5, 0.6) is 0 Å². The molecule has 0 radical (unpaired) electrons. The number of benzene rings is 12. The second-order valence-corrected chi connectivity index (χ2v) is 21.4. The molecule has 3 aliphatic carbocycles. The maximum Gasteiger partial charge on any atom is 0.136 e. The predicted octanol–water partition coefficient (Wildman–Crippen LogP) is 18.8. The van der Waals surface area contributed by atoms with E-state index in [0.29, 0.717) is 0 Å². The standard InChI is InChI=1S/C74H44N2O/c1-7-23-60-50(16-1)51-17-2-8-24-61(51)73(60)62-25-9-3-18-52(62)54-40-37-48(43-66(54)73)75(47-35-32-45(33-36-47)46-34-39-58-57-21-6-14-31-70(57)77-71(58)42-46)49-38-41-55-53-19-4-10-26-63(53)74(67(55)44-49)64-27-11-13-30-69(64)76-68-29-12-5-20-56(68)59-22-15-28-65(74)72(59)76/h1-44H. The number of rotatable bonds is 4. The number of para-hydroxylation sites is 4. The Morgan fingerprint density at radius 2 is 0.740 bits per heavy atom. The fraction of sp³-hybridized carbons (Fsp3) is 0.0270. The average Bonchev–Trinajstić information content (AvgIpc) is 4.00. The van der Waals surface area contributed by atoms with E-state index >= 15 is 0 Å². The first kappa shape index (κ1) is 41.4. The Balaban J connectivity index is 0.892. The summed E-state index contributed by atoms with van der Waals surface area (Å²) in [6, 6.07) is 100. The van der Waals surface area contributed by atoms with Crippen LogP contribution in [0.4, 0.5) is 17.1 Å². The molecule has 1 aliphatic heterocycles. The van der Waals surface area contributed by atoms with Gasteiger partial charge in [-0.2, -0.15) is 0 Å². The number of nitrogens with zero attached hydrogens (tertiary/aromatic N) is 2. The van der Waals surface area contributed by atoms with Crippen molar-refractivity contribution in [2.45, 2.75) is 10.8 Å². The molecule has 14 aromatic rings. The molecule has 0 amide bonds. The third-order valence-electron chi connectivity index (χ3n) is 18.0. The zero-order valence-corrected chi connectivity index (χ0v) is 41.7. The molecule has 1 atom stereocenters. The smallest absolute Gasteiger partial charge is 0.136 e. The first-order chi connectivity index (χ1) is 38.2. The van der Waals surface area contributed by atoms with Crippen molar-refractivity contribution in [1.82, 2.24) is 4.57 Å². The summed E-state index contributed by atoms with van der Waals surface area (Å²) in [4.78, 5) is 2.51. The summed E-state index contributed by atoms with van der Waals surface area (Å²) in [6.45, 7) is 0. The summed E-state index contributed by atoms with van der Waals surface area (Å²) >= 11 is 0. The number of anilines is 3. The summed E-state index contributed by atoms with van der Waals surface area (Å²) < 4.78 is 8.94. The van der Waals surface area contributed by atoms with Crippen LogP contribution >= 0.6 is 0 Å². The van der Waals surface area contributed by atoms with Gasteiger partial charge in [-0.25, -0.2) is 0 Å². The number of fused-ring (bicyclic) bond motifs is 25. The molecule has 77 heavy (non-hydrogen) atoms. The quantitative estimate of drug-likeness (QED) is 0.175. The molecule has 2 aromatic heterocycles. The minimum atomic E-state index is -0.603. The lowest BCUT2D eigenvalue weighted by molar-refractivity contribution is 0.669. The highest BCUT2D eigenvalue weighted by atomic mass is 16.3. The number of hydrogen-bond donors (Lipinski definition) is 0. The molecule has 0 saturated carbocycles. The molecule has 356 valence electrons. The fourth-order valence-electron chi connectivity index (χ4n) is 15.1. The average molecular weight is 977 g/mol. The monoisotopic (exact) mass is 976 g/mol. The van der Waals surface area contributed by atoms with Crippen LogP contribution in [-0.2, 0) is 10.8 Å². The second-order valence-electron chi connectivity index (χ2n) is 21.4. The molecular formula is C74H44N2O. The molecule has 18 rings (SSSR count). The highest BCUT2D eigenvalue weighted by Gasteiger charge is 2.53. The Bertz CT molecular complexity index is 4830. The molecule has 0 saturated heterocycles. The molecule has 0 N–H and O–H groups in total. The van der Waals surface area contributed by atoms with Crippen LogP contribution in [-0.4, -0.2) is 4.57 Å². The van der Waals surface area contributed by atoms with Crippen LogP contribution in [0.3, 0.4) is 0 Å². The Kier molecular flexibility index (Phi) is 8.00. The largest absolute Gasteiger partial charge is 0.456 e. The molecular weight excluding hydrogens is 933 g/mol. The Morgan fingerprint density at radius 3 is 1.38 bits per heavy atom. The molecule has 12 aromatic carbocycles. The van der Waals surface area contributed by atoms with Crippen molar-refractivity contribution in [1.29, 1.82) is 0 Å².